The van der Waals surface area contributed by atoms with Crippen molar-refractivity contribution >= 4 is 42.4 Å². The number of amides is 1. The lowest BCUT2D eigenvalue weighted by atomic mass is 10.1. The van der Waals surface area contributed by atoms with Crippen LogP contribution in [0.15, 0.2) is 47.4 Å². The Morgan fingerprint density at radius 3 is 2.60 bits per heavy atom. The van der Waals surface area contributed by atoms with Gasteiger partial charge in [0.15, 0.2) is 15.0 Å². The van der Waals surface area contributed by atoms with Crippen molar-refractivity contribution in [2.24, 2.45) is 0 Å². The van der Waals surface area contributed by atoms with E-state index in [1.807, 2.05) is 29.2 Å². The average molecular weight is 446 g/mol. The van der Waals surface area contributed by atoms with E-state index in [1.54, 1.807) is 25.3 Å². The molecule has 0 unspecified atom stereocenters. The number of fused-ring (bicyclic) bond motifs is 1. The lowest BCUT2D eigenvalue weighted by Crippen LogP contribution is -2.49. The molecule has 0 radical (unpaired) electrons. The number of nitrogens with zero attached hydrogens (tertiary/aromatic N) is 3. The summed E-state index contributed by atoms with van der Waals surface area (Å²) in [5, 5.41) is 0.857. The van der Waals surface area contributed by atoms with E-state index in [-0.39, 0.29) is 5.91 Å². The van der Waals surface area contributed by atoms with Crippen LogP contribution in [-0.2, 0) is 21.1 Å². The molecule has 0 aliphatic carbocycles. The predicted molar refractivity (Wildman–Crippen MR) is 118 cm³/mol. The van der Waals surface area contributed by atoms with Gasteiger partial charge in [-0.1, -0.05) is 23.5 Å². The summed E-state index contributed by atoms with van der Waals surface area (Å²) >= 11 is 1.48. The van der Waals surface area contributed by atoms with Crippen molar-refractivity contribution in [3.63, 3.8) is 0 Å². The number of carbonyl (C=O) groups is 1. The zero-order valence-electron chi connectivity index (χ0n) is 16.9. The fourth-order valence-corrected chi connectivity index (χ4v) is 5.25. The van der Waals surface area contributed by atoms with Gasteiger partial charge in [-0.15, -0.1) is 0 Å². The topological polar surface area (TPSA) is 79.8 Å². The monoisotopic (exact) mass is 445 g/mol. The van der Waals surface area contributed by atoms with E-state index >= 15 is 0 Å². The molecule has 4 rings (SSSR count). The smallest absolute Gasteiger partial charge is 0.227 e. The Morgan fingerprint density at radius 2 is 1.90 bits per heavy atom. The summed E-state index contributed by atoms with van der Waals surface area (Å²) in [7, 11) is -1.63. The zero-order chi connectivity index (χ0) is 21.3. The van der Waals surface area contributed by atoms with Crippen molar-refractivity contribution in [3.8, 4) is 5.75 Å². The van der Waals surface area contributed by atoms with Crippen LogP contribution >= 0.6 is 11.3 Å². The minimum atomic E-state index is -3.24. The van der Waals surface area contributed by atoms with Crippen LogP contribution in [0.2, 0.25) is 0 Å². The Balaban J connectivity index is 1.41. The molecule has 1 amide bonds. The summed E-state index contributed by atoms with van der Waals surface area (Å²) in [6.45, 7) is 2.66. The second-order valence-corrected chi connectivity index (χ2v) is 10.3. The van der Waals surface area contributed by atoms with Gasteiger partial charge >= 0.3 is 0 Å². The molecule has 0 saturated carbocycles. The normalized spacial score (nSPS) is 14.9. The first-order valence-corrected chi connectivity index (χ1v) is 12.3. The fourth-order valence-electron chi connectivity index (χ4n) is 3.47. The number of hydrogen-bond acceptors (Lipinski definition) is 7. The summed E-state index contributed by atoms with van der Waals surface area (Å²) in [5.74, 6) is 0.852. The van der Waals surface area contributed by atoms with E-state index in [0.29, 0.717) is 37.5 Å². The molecular weight excluding hydrogens is 422 g/mol. The molecule has 1 aromatic heterocycles. The number of hydrogen-bond donors (Lipinski definition) is 0. The van der Waals surface area contributed by atoms with Crippen LogP contribution in [0.25, 0.3) is 10.2 Å². The highest BCUT2D eigenvalue weighted by atomic mass is 32.2. The maximum Gasteiger partial charge on any atom is 0.227 e. The van der Waals surface area contributed by atoms with E-state index < -0.39 is 9.84 Å². The van der Waals surface area contributed by atoms with E-state index in [0.717, 1.165) is 26.7 Å². The third-order valence-electron chi connectivity index (χ3n) is 5.17. The highest BCUT2D eigenvalue weighted by molar-refractivity contribution is 7.90. The van der Waals surface area contributed by atoms with E-state index in [1.165, 1.54) is 17.6 Å². The Hall–Kier alpha value is -2.65. The van der Waals surface area contributed by atoms with Crippen LogP contribution in [0, 0.1) is 0 Å². The molecule has 2 aromatic carbocycles. The van der Waals surface area contributed by atoms with Crippen LogP contribution in [0.3, 0.4) is 0 Å². The molecule has 2 heterocycles. The maximum atomic E-state index is 12.7. The highest BCUT2D eigenvalue weighted by Crippen LogP contribution is 2.31. The molecule has 1 aliphatic heterocycles. The number of thiazole rings is 1. The molecule has 158 valence electrons. The molecule has 1 saturated heterocycles. The van der Waals surface area contributed by atoms with Gasteiger partial charge in [0, 0.05) is 32.4 Å². The van der Waals surface area contributed by atoms with Crippen molar-refractivity contribution in [3.05, 3.63) is 48.0 Å². The van der Waals surface area contributed by atoms with Crippen molar-refractivity contribution in [1.82, 2.24) is 9.88 Å². The second-order valence-electron chi connectivity index (χ2n) is 7.29. The third-order valence-corrected chi connectivity index (χ3v) is 7.36. The molecule has 9 heteroatoms. The van der Waals surface area contributed by atoms with Gasteiger partial charge < -0.3 is 14.5 Å². The van der Waals surface area contributed by atoms with Crippen LogP contribution < -0.4 is 9.64 Å². The quantitative estimate of drug-likeness (QED) is 0.601. The van der Waals surface area contributed by atoms with Crippen molar-refractivity contribution in [2.75, 3.05) is 44.4 Å². The standard InChI is InChI=1S/C21H23N3O4S2/c1-28-16-5-3-4-15(12-16)13-20(25)23-8-10-24(11-9-23)21-22-18-7-6-17(30(2,26)27)14-19(18)29-21/h3-7,12,14H,8-11,13H2,1-2H3. The minimum absolute atomic E-state index is 0.102. The Morgan fingerprint density at radius 1 is 1.13 bits per heavy atom. The first kappa shape index (κ1) is 20.6. The maximum absolute atomic E-state index is 12.7. The van der Waals surface area contributed by atoms with Crippen molar-refractivity contribution < 1.29 is 17.9 Å². The van der Waals surface area contributed by atoms with Gasteiger partial charge in [-0.05, 0) is 35.9 Å². The Kier molecular flexibility index (Phi) is 5.66. The number of piperazine rings is 1. The minimum Gasteiger partial charge on any atom is -0.497 e. The van der Waals surface area contributed by atoms with Gasteiger partial charge in [-0.25, -0.2) is 13.4 Å². The van der Waals surface area contributed by atoms with Gasteiger partial charge in [0.2, 0.25) is 5.91 Å². The molecule has 0 bridgehead atoms. The average Bonchev–Trinajstić information content (AvgIpc) is 3.17. The van der Waals surface area contributed by atoms with Crippen LogP contribution in [0.1, 0.15) is 5.56 Å². The lowest BCUT2D eigenvalue weighted by molar-refractivity contribution is -0.130. The van der Waals surface area contributed by atoms with Gasteiger partial charge in [0.1, 0.15) is 5.75 Å². The van der Waals surface area contributed by atoms with Gasteiger partial charge in [-0.2, -0.15) is 0 Å². The van der Waals surface area contributed by atoms with Crippen molar-refractivity contribution in [2.45, 2.75) is 11.3 Å². The van der Waals surface area contributed by atoms with Crippen LogP contribution in [0.4, 0.5) is 5.13 Å². The van der Waals surface area contributed by atoms with Crippen LogP contribution in [-0.4, -0.2) is 63.8 Å². The number of aromatic nitrogens is 1. The highest BCUT2D eigenvalue weighted by Gasteiger charge is 2.23. The Bertz CT molecular complexity index is 1180. The molecule has 3 aromatic rings. The molecule has 0 spiro atoms. The van der Waals surface area contributed by atoms with Gasteiger partial charge in [-0.3, -0.25) is 4.79 Å². The summed E-state index contributed by atoms with van der Waals surface area (Å²) in [6.07, 6.45) is 1.56. The number of sulfone groups is 1. The fraction of sp³-hybridized carbons (Fsp3) is 0.333. The number of methoxy groups -OCH3 is 1. The number of anilines is 1. The van der Waals surface area contributed by atoms with Crippen molar-refractivity contribution in [1.29, 1.82) is 0 Å². The molecule has 1 aliphatic rings. The SMILES string of the molecule is COc1cccc(CC(=O)N2CCN(c3nc4ccc(S(C)(=O)=O)cc4s3)CC2)c1. The third kappa shape index (κ3) is 4.41. The zero-order valence-corrected chi connectivity index (χ0v) is 18.5. The first-order valence-electron chi connectivity index (χ1n) is 9.60. The Labute approximate surface area is 179 Å². The van der Waals surface area contributed by atoms with E-state index in [2.05, 4.69) is 9.88 Å². The first-order chi connectivity index (χ1) is 14.3. The molecular formula is C21H23N3O4S2. The number of rotatable bonds is 5. The van der Waals surface area contributed by atoms with Gasteiger partial charge in [0.25, 0.3) is 0 Å². The summed E-state index contributed by atoms with van der Waals surface area (Å²) in [5.41, 5.74) is 1.73. The summed E-state index contributed by atoms with van der Waals surface area (Å²) in [6, 6.07) is 12.6. The van der Waals surface area contributed by atoms with Crippen LogP contribution in [0.5, 0.6) is 5.75 Å². The van der Waals surface area contributed by atoms with Gasteiger partial charge in [0.05, 0.1) is 28.6 Å². The molecule has 0 atom stereocenters. The molecule has 7 nitrogen and oxygen atoms in total. The summed E-state index contributed by atoms with van der Waals surface area (Å²) < 4.78 is 29.6. The largest absolute Gasteiger partial charge is 0.497 e. The summed E-state index contributed by atoms with van der Waals surface area (Å²) in [4.78, 5) is 21.7. The number of benzene rings is 2. The molecule has 30 heavy (non-hydrogen) atoms. The van der Waals surface area contributed by atoms with E-state index in [9.17, 15) is 13.2 Å². The predicted octanol–water partition coefficient (Wildman–Crippen LogP) is 2.60. The second kappa shape index (κ2) is 8.23. The molecule has 1 fully saturated rings. The molecule has 0 N–H and O–H groups in total. The van der Waals surface area contributed by atoms with E-state index in [4.69, 9.17) is 4.74 Å². The number of carbonyl (C=O) groups excluding carboxylic acids is 1. The lowest BCUT2D eigenvalue weighted by Gasteiger charge is -2.34. The number of ether oxygens (including phenoxy) is 1.